The summed E-state index contributed by atoms with van der Waals surface area (Å²) in [7, 11) is 0. The fraction of sp³-hybridized carbons (Fsp3) is 0.381. The maximum absolute atomic E-state index is 12.9. The number of Topliss-reactive ketones (excluding diaryl/α,β-unsaturated/α-hetero) is 1. The molecule has 2 heterocycles. The van der Waals surface area contributed by atoms with Crippen LogP contribution < -0.4 is 0 Å². The molecule has 0 unspecified atom stereocenters. The Bertz CT molecular complexity index is 824. The van der Waals surface area contributed by atoms with Crippen molar-refractivity contribution < 1.29 is 9.59 Å². The molecule has 1 aromatic heterocycles. The number of likely N-dealkylation sites (tertiary alicyclic amines) is 1. The first-order valence-corrected chi connectivity index (χ1v) is 9.30. The number of aromatic nitrogens is 2. The van der Waals surface area contributed by atoms with E-state index in [2.05, 4.69) is 10.2 Å². The maximum Gasteiger partial charge on any atom is 0.227 e. The zero-order valence-electron chi connectivity index (χ0n) is 14.8. The Kier molecular flexibility index (Phi) is 4.69. The van der Waals surface area contributed by atoms with Gasteiger partial charge in [0.1, 0.15) is 0 Å². The maximum atomic E-state index is 12.9. The molecule has 0 radical (unpaired) electrons. The third-order valence-corrected chi connectivity index (χ3v) is 5.49. The lowest BCUT2D eigenvalue weighted by atomic mass is 9.94. The molecule has 0 bridgehead atoms. The highest BCUT2D eigenvalue weighted by atomic mass is 16.2. The normalized spacial score (nSPS) is 20.7. The molecule has 2 aliphatic rings. The summed E-state index contributed by atoms with van der Waals surface area (Å²) in [6, 6.07) is 11.9. The van der Waals surface area contributed by atoms with Crippen LogP contribution in [0.4, 0.5) is 0 Å². The Morgan fingerprint density at radius 3 is 2.81 bits per heavy atom. The number of hydrogen-bond donors (Lipinski definition) is 1. The summed E-state index contributed by atoms with van der Waals surface area (Å²) in [5.74, 6) is 0.490. The van der Waals surface area contributed by atoms with Gasteiger partial charge in [0.15, 0.2) is 5.78 Å². The van der Waals surface area contributed by atoms with Crippen molar-refractivity contribution in [1.29, 1.82) is 0 Å². The van der Waals surface area contributed by atoms with Gasteiger partial charge in [0.25, 0.3) is 0 Å². The number of ketones is 1. The van der Waals surface area contributed by atoms with E-state index in [1.165, 1.54) is 0 Å². The number of nitrogens with zero attached hydrogens (tertiary/aromatic N) is 2. The van der Waals surface area contributed by atoms with Crippen LogP contribution in [0.15, 0.2) is 48.2 Å². The smallest absolute Gasteiger partial charge is 0.227 e. The van der Waals surface area contributed by atoms with Crippen molar-refractivity contribution in [3.8, 4) is 0 Å². The van der Waals surface area contributed by atoms with E-state index in [0.29, 0.717) is 24.5 Å². The van der Waals surface area contributed by atoms with E-state index >= 15 is 0 Å². The molecule has 1 saturated heterocycles. The highest BCUT2D eigenvalue weighted by Gasteiger charge is 2.30. The van der Waals surface area contributed by atoms with E-state index in [1.807, 2.05) is 41.3 Å². The minimum Gasteiger partial charge on any atom is -0.342 e. The summed E-state index contributed by atoms with van der Waals surface area (Å²) in [5.41, 5.74) is 3.91. The van der Waals surface area contributed by atoms with Crippen molar-refractivity contribution in [1.82, 2.24) is 15.1 Å². The standard InChI is InChI=1S/C21H23N3O2/c25-20-9-8-17(15-5-2-1-3-6-15)18(20)13-21(26)24-12-4-7-16(14-24)19-10-11-22-23-19/h1-3,5-6,10-11,16H,4,7-9,12-14H2,(H,22,23)/t16-/m0/s1. The van der Waals surface area contributed by atoms with Gasteiger partial charge in [0.05, 0.1) is 6.42 Å². The number of aromatic amines is 1. The van der Waals surface area contributed by atoms with Gasteiger partial charge in [0.2, 0.25) is 5.91 Å². The van der Waals surface area contributed by atoms with Crippen LogP contribution in [0.2, 0.25) is 0 Å². The predicted molar refractivity (Wildman–Crippen MR) is 99.4 cm³/mol. The van der Waals surface area contributed by atoms with Crippen molar-refractivity contribution >= 4 is 17.3 Å². The first-order chi connectivity index (χ1) is 12.7. The first kappa shape index (κ1) is 16.8. The van der Waals surface area contributed by atoms with Gasteiger partial charge in [-0.05, 0) is 36.5 Å². The zero-order valence-corrected chi connectivity index (χ0v) is 14.8. The number of H-pyrrole nitrogens is 1. The molecule has 26 heavy (non-hydrogen) atoms. The van der Waals surface area contributed by atoms with E-state index in [-0.39, 0.29) is 18.1 Å². The molecule has 1 amide bonds. The average molecular weight is 349 g/mol. The van der Waals surface area contributed by atoms with Crippen LogP contribution in [-0.2, 0) is 9.59 Å². The minimum absolute atomic E-state index is 0.0629. The number of benzene rings is 1. The summed E-state index contributed by atoms with van der Waals surface area (Å²) >= 11 is 0. The lowest BCUT2D eigenvalue weighted by Gasteiger charge is -2.32. The van der Waals surface area contributed by atoms with Crippen LogP contribution >= 0.6 is 0 Å². The molecule has 5 nitrogen and oxygen atoms in total. The molecule has 5 heteroatoms. The zero-order chi connectivity index (χ0) is 17.9. The molecule has 1 aliphatic heterocycles. The van der Waals surface area contributed by atoms with Gasteiger partial charge in [-0.2, -0.15) is 5.10 Å². The number of piperidine rings is 1. The topological polar surface area (TPSA) is 66.1 Å². The van der Waals surface area contributed by atoms with E-state index in [1.54, 1.807) is 6.20 Å². The van der Waals surface area contributed by atoms with Crippen molar-refractivity contribution in [2.75, 3.05) is 13.1 Å². The third-order valence-electron chi connectivity index (χ3n) is 5.49. The van der Waals surface area contributed by atoms with Crippen molar-refractivity contribution in [2.45, 2.75) is 38.0 Å². The molecule has 1 N–H and O–H groups in total. The second kappa shape index (κ2) is 7.28. The van der Waals surface area contributed by atoms with Gasteiger partial charge >= 0.3 is 0 Å². The number of allylic oxidation sites excluding steroid dienone is 1. The molecule has 2 aromatic rings. The Morgan fingerprint density at radius 1 is 1.19 bits per heavy atom. The molecular formula is C21H23N3O2. The largest absolute Gasteiger partial charge is 0.342 e. The van der Waals surface area contributed by atoms with Crippen LogP contribution in [0, 0.1) is 0 Å². The number of amides is 1. The van der Waals surface area contributed by atoms with Gasteiger partial charge in [-0.15, -0.1) is 0 Å². The summed E-state index contributed by atoms with van der Waals surface area (Å²) in [4.78, 5) is 27.2. The SMILES string of the molecule is O=C1CCC(c2ccccc2)=C1CC(=O)N1CCC[C@H](c2ccn[nH]2)C1. The Labute approximate surface area is 153 Å². The van der Waals surface area contributed by atoms with E-state index in [4.69, 9.17) is 0 Å². The highest BCUT2D eigenvalue weighted by molar-refractivity contribution is 6.10. The Hall–Kier alpha value is -2.69. The monoisotopic (exact) mass is 349 g/mol. The minimum atomic E-state index is 0.0629. The molecule has 1 atom stereocenters. The predicted octanol–water partition coefficient (Wildman–Crippen LogP) is 3.32. The number of rotatable bonds is 4. The van der Waals surface area contributed by atoms with Crippen LogP contribution in [-0.4, -0.2) is 39.9 Å². The fourth-order valence-corrected chi connectivity index (χ4v) is 4.09. The van der Waals surface area contributed by atoms with E-state index in [9.17, 15) is 9.59 Å². The van der Waals surface area contributed by atoms with E-state index in [0.717, 1.165) is 42.6 Å². The fourth-order valence-electron chi connectivity index (χ4n) is 4.09. The summed E-state index contributed by atoms with van der Waals surface area (Å²) in [6.45, 7) is 1.47. The molecule has 134 valence electrons. The van der Waals surface area contributed by atoms with Gasteiger partial charge in [0, 0.05) is 42.9 Å². The average Bonchev–Trinajstić information content (AvgIpc) is 3.34. The quantitative estimate of drug-likeness (QED) is 0.921. The lowest BCUT2D eigenvalue weighted by molar-refractivity contribution is -0.132. The summed E-state index contributed by atoms with van der Waals surface area (Å²) in [5, 5.41) is 7.05. The van der Waals surface area contributed by atoms with Crippen LogP contribution in [0.25, 0.3) is 5.57 Å². The van der Waals surface area contributed by atoms with Gasteiger partial charge in [-0.3, -0.25) is 14.7 Å². The number of nitrogens with one attached hydrogen (secondary N) is 1. The molecule has 1 aliphatic carbocycles. The number of carbonyl (C=O) groups is 2. The number of hydrogen-bond acceptors (Lipinski definition) is 3. The number of carbonyl (C=O) groups excluding carboxylic acids is 2. The molecule has 4 rings (SSSR count). The van der Waals surface area contributed by atoms with E-state index < -0.39 is 0 Å². The lowest BCUT2D eigenvalue weighted by Crippen LogP contribution is -2.39. The van der Waals surface area contributed by atoms with Crippen LogP contribution in [0.1, 0.15) is 49.3 Å². The molecule has 0 saturated carbocycles. The summed E-state index contributed by atoms with van der Waals surface area (Å²) < 4.78 is 0. The molecule has 1 fully saturated rings. The highest BCUT2D eigenvalue weighted by Crippen LogP contribution is 2.34. The molecule has 0 spiro atoms. The Balaban J connectivity index is 1.50. The van der Waals surface area contributed by atoms with Gasteiger partial charge in [-0.1, -0.05) is 30.3 Å². The van der Waals surface area contributed by atoms with Gasteiger partial charge in [-0.25, -0.2) is 0 Å². The van der Waals surface area contributed by atoms with Crippen molar-refractivity contribution in [3.63, 3.8) is 0 Å². The first-order valence-electron chi connectivity index (χ1n) is 9.30. The second-order valence-corrected chi connectivity index (χ2v) is 7.11. The van der Waals surface area contributed by atoms with Crippen LogP contribution in [0.5, 0.6) is 0 Å². The third kappa shape index (κ3) is 3.34. The molecule has 1 aromatic carbocycles. The van der Waals surface area contributed by atoms with Crippen LogP contribution in [0.3, 0.4) is 0 Å². The van der Waals surface area contributed by atoms with Crippen molar-refractivity contribution in [2.24, 2.45) is 0 Å². The van der Waals surface area contributed by atoms with Gasteiger partial charge < -0.3 is 4.90 Å². The second-order valence-electron chi connectivity index (χ2n) is 7.11. The summed E-state index contributed by atoms with van der Waals surface area (Å²) in [6.07, 6.45) is 5.27. The Morgan fingerprint density at radius 2 is 2.04 bits per heavy atom. The molecular weight excluding hydrogens is 326 g/mol. The van der Waals surface area contributed by atoms with Crippen molar-refractivity contribution in [3.05, 3.63) is 59.4 Å².